The van der Waals surface area contributed by atoms with Gasteiger partial charge in [-0.25, -0.2) is 4.98 Å². The van der Waals surface area contributed by atoms with Crippen LogP contribution in [0.5, 0.6) is 0 Å². The van der Waals surface area contributed by atoms with Gasteiger partial charge in [-0.2, -0.15) is 4.98 Å². The van der Waals surface area contributed by atoms with Crippen LogP contribution in [-0.2, 0) is 0 Å². The van der Waals surface area contributed by atoms with Gasteiger partial charge in [-0.3, -0.25) is 9.97 Å². The molecule has 0 atom stereocenters. The highest BCUT2D eigenvalue weighted by Gasteiger charge is 2.31. The van der Waals surface area contributed by atoms with E-state index in [-0.39, 0.29) is 0 Å². The summed E-state index contributed by atoms with van der Waals surface area (Å²) >= 11 is 0. The number of H-pyrrole nitrogens is 1. The van der Waals surface area contributed by atoms with Gasteiger partial charge >= 0.3 is 0 Å². The summed E-state index contributed by atoms with van der Waals surface area (Å²) in [5.74, 6) is 0.627. The van der Waals surface area contributed by atoms with Crippen LogP contribution in [0.15, 0.2) is 43.0 Å². The summed E-state index contributed by atoms with van der Waals surface area (Å²) in [6, 6.07) is 6.36. The Morgan fingerprint density at radius 2 is 1.93 bits per heavy atom. The maximum Gasteiger partial charge on any atom is 0.224 e. The molecule has 1 fully saturated rings. The van der Waals surface area contributed by atoms with E-state index in [1.165, 1.54) is 0 Å². The predicted molar refractivity (Wildman–Crippen MR) is 114 cm³/mol. The Labute approximate surface area is 168 Å². The summed E-state index contributed by atoms with van der Waals surface area (Å²) in [6.45, 7) is 2.05. The standard InChI is InChI=1S/C22H24N6O/c1-2-22(29)7-5-15(6-8-22)27-21-26-13-17-16(12-25-20(17)28-21)14-3-4-18-19(11-14)24-10-9-23-18/h3-4,9-13,15,29H,2,5-8H2,1H3,(H2,25,26,27,28). The maximum absolute atomic E-state index is 10.4. The summed E-state index contributed by atoms with van der Waals surface area (Å²) in [6.07, 6.45) is 11.5. The minimum atomic E-state index is -0.498. The second-order valence-corrected chi connectivity index (χ2v) is 7.91. The number of hydrogen-bond donors (Lipinski definition) is 3. The van der Waals surface area contributed by atoms with Crippen LogP contribution in [0.4, 0.5) is 5.95 Å². The summed E-state index contributed by atoms with van der Waals surface area (Å²) in [7, 11) is 0. The normalized spacial score (nSPS) is 22.2. The molecule has 3 heterocycles. The fourth-order valence-electron chi connectivity index (χ4n) is 4.18. The molecule has 0 spiro atoms. The van der Waals surface area contributed by atoms with E-state index < -0.39 is 5.60 Å². The van der Waals surface area contributed by atoms with Gasteiger partial charge in [-0.05, 0) is 49.8 Å². The van der Waals surface area contributed by atoms with Gasteiger partial charge in [0, 0.05) is 41.8 Å². The highest BCUT2D eigenvalue weighted by Crippen LogP contribution is 2.33. The van der Waals surface area contributed by atoms with Gasteiger partial charge in [0.1, 0.15) is 5.65 Å². The molecule has 148 valence electrons. The fourth-order valence-corrected chi connectivity index (χ4v) is 4.18. The van der Waals surface area contributed by atoms with Crippen molar-refractivity contribution in [3.8, 4) is 11.1 Å². The van der Waals surface area contributed by atoms with E-state index in [4.69, 9.17) is 0 Å². The molecule has 0 saturated heterocycles. The Bertz CT molecular complexity index is 1160. The first-order valence-electron chi connectivity index (χ1n) is 10.2. The number of aromatic amines is 1. The molecule has 5 rings (SSSR count). The van der Waals surface area contributed by atoms with Gasteiger partial charge in [0.2, 0.25) is 5.95 Å². The fraction of sp³-hybridized carbons (Fsp3) is 0.364. The molecule has 7 nitrogen and oxygen atoms in total. The van der Waals surface area contributed by atoms with E-state index in [9.17, 15) is 5.11 Å². The second-order valence-electron chi connectivity index (χ2n) is 7.91. The monoisotopic (exact) mass is 388 g/mol. The third kappa shape index (κ3) is 3.42. The van der Waals surface area contributed by atoms with Crippen molar-refractivity contribution in [2.45, 2.75) is 50.7 Å². The lowest BCUT2D eigenvalue weighted by atomic mass is 9.80. The molecule has 0 bridgehead atoms. The van der Waals surface area contributed by atoms with E-state index in [0.717, 1.165) is 65.3 Å². The zero-order valence-corrected chi connectivity index (χ0v) is 16.4. The number of benzene rings is 1. The van der Waals surface area contributed by atoms with Crippen molar-refractivity contribution < 1.29 is 5.11 Å². The third-order valence-corrected chi connectivity index (χ3v) is 6.12. The summed E-state index contributed by atoms with van der Waals surface area (Å²) in [5.41, 5.74) is 4.15. The van der Waals surface area contributed by atoms with Crippen molar-refractivity contribution >= 4 is 28.0 Å². The van der Waals surface area contributed by atoms with E-state index in [2.05, 4.69) is 37.2 Å². The molecule has 1 saturated carbocycles. The first-order valence-corrected chi connectivity index (χ1v) is 10.2. The highest BCUT2D eigenvalue weighted by atomic mass is 16.3. The molecule has 0 amide bonds. The van der Waals surface area contributed by atoms with Gasteiger partial charge in [0.15, 0.2) is 0 Å². The summed E-state index contributed by atoms with van der Waals surface area (Å²) < 4.78 is 0. The molecule has 0 aliphatic heterocycles. The van der Waals surface area contributed by atoms with Crippen molar-refractivity contribution in [3.05, 3.63) is 43.0 Å². The van der Waals surface area contributed by atoms with Crippen LogP contribution in [-0.4, -0.2) is 41.7 Å². The van der Waals surface area contributed by atoms with E-state index in [0.29, 0.717) is 12.0 Å². The number of fused-ring (bicyclic) bond motifs is 2. The number of anilines is 1. The number of aliphatic hydroxyl groups is 1. The molecule has 0 radical (unpaired) electrons. The number of nitrogens with one attached hydrogen (secondary N) is 2. The van der Waals surface area contributed by atoms with Gasteiger partial charge in [0.25, 0.3) is 0 Å². The summed E-state index contributed by atoms with van der Waals surface area (Å²) in [4.78, 5) is 21.2. The largest absolute Gasteiger partial charge is 0.390 e. The van der Waals surface area contributed by atoms with Crippen LogP contribution in [0.3, 0.4) is 0 Å². The van der Waals surface area contributed by atoms with E-state index in [1.807, 2.05) is 30.6 Å². The lowest BCUT2D eigenvalue weighted by Gasteiger charge is -2.35. The minimum Gasteiger partial charge on any atom is -0.390 e. The first-order chi connectivity index (χ1) is 14.1. The highest BCUT2D eigenvalue weighted by molar-refractivity contribution is 5.95. The third-order valence-electron chi connectivity index (χ3n) is 6.12. The number of nitrogens with zero attached hydrogens (tertiary/aromatic N) is 4. The van der Waals surface area contributed by atoms with Crippen LogP contribution in [0.1, 0.15) is 39.0 Å². The van der Waals surface area contributed by atoms with Crippen LogP contribution in [0.2, 0.25) is 0 Å². The van der Waals surface area contributed by atoms with Crippen LogP contribution in [0.25, 0.3) is 33.2 Å². The van der Waals surface area contributed by atoms with Gasteiger partial charge < -0.3 is 15.4 Å². The van der Waals surface area contributed by atoms with Gasteiger partial charge in [-0.1, -0.05) is 13.0 Å². The van der Waals surface area contributed by atoms with E-state index >= 15 is 0 Å². The van der Waals surface area contributed by atoms with E-state index in [1.54, 1.807) is 12.4 Å². The Balaban J connectivity index is 1.38. The van der Waals surface area contributed by atoms with Gasteiger partial charge in [0.05, 0.1) is 16.6 Å². The Hall–Kier alpha value is -3.06. The Morgan fingerprint density at radius 3 is 2.72 bits per heavy atom. The minimum absolute atomic E-state index is 0.299. The average molecular weight is 388 g/mol. The molecular weight excluding hydrogens is 364 g/mol. The molecule has 7 heteroatoms. The predicted octanol–water partition coefficient (Wildman–Crippen LogP) is 4.06. The molecule has 0 unspecified atom stereocenters. The zero-order chi connectivity index (χ0) is 19.8. The number of hydrogen-bond acceptors (Lipinski definition) is 6. The zero-order valence-electron chi connectivity index (χ0n) is 16.4. The molecular formula is C22H24N6O. The SMILES string of the molecule is CCC1(O)CCC(Nc2ncc3c(-c4ccc5nccnc5c4)c[nH]c3n2)CC1. The molecule has 3 aromatic heterocycles. The van der Waals surface area contributed by atoms with Crippen molar-refractivity contribution in [3.63, 3.8) is 0 Å². The Kier molecular flexibility index (Phi) is 4.39. The summed E-state index contributed by atoms with van der Waals surface area (Å²) in [5, 5.41) is 14.8. The van der Waals surface area contributed by atoms with Crippen molar-refractivity contribution in [1.29, 1.82) is 0 Å². The molecule has 4 aromatic rings. The lowest BCUT2D eigenvalue weighted by Crippen LogP contribution is -2.38. The molecule has 1 aliphatic carbocycles. The Morgan fingerprint density at radius 1 is 1.14 bits per heavy atom. The van der Waals surface area contributed by atoms with Gasteiger partial charge in [-0.15, -0.1) is 0 Å². The maximum atomic E-state index is 10.4. The van der Waals surface area contributed by atoms with Crippen LogP contribution >= 0.6 is 0 Å². The molecule has 1 aliphatic rings. The smallest absolute Gasteiger partial charge is 0.224 e. The van der Waals surface area contributed by atoms with Crippen molar-refractivity contribution in [1.82, 2.24) is 24.9 Å². The van der Waals surface area contributed by atoms with Crippen LogP contribution in [0, 0.1) is 0 Å². The quantitative estimate of drug-likeness (QED) is 0.487. The van der Waals surface area contributed by atoms with Crippen LogP contribution < -0.4 is 5.32 Å². The van der Waals surface area contributed by atoms with Crippen molar-refractivity contribution in [2.24, 2.45) is 0 Å². The van der Waals surface area contributed by atoms with Crippen molar-refractivity contribution in [2.75, 3.05) is 5.32 Å². The number of aromatic nitrogens is 5. The molecule has 3 N–H and O–H groups in total. The molecule has 1 aromatic carbocycles. The first kappa shape index (κ1) is 18.0. The number of rotatable bonds is 4. The topological polar surface area (TPSA) is 99.6 Å². The average Bonchev–Trinajstić information content (AvgIpc) is 3.18. The lowest BCUT2D eigenvalue weighted by molar-refractivity contribution is -0.00197. The second kappa shape index (κ2) is 7.08. The molecule has 29 heavy (non-hydrogen) atoms.